The number of aromatic nitrogens is 1. The number of para-hydroxylation sites is 1. The number of hydrogen-bond acceptors (Lipinski definition) is 2. The van der Waals surface area contributed by atoms with E-state index in [0.717, 1.165) is 29.6 Å². The van der Waals surface area contributed by atoms with Crippen LogP contribution in [-0.4, -0.2) is 41.0 Å². The number of hydrogen-bond donors (Lipinski definition) is 2. The topological polar surface area (TPSA) is 48.1 Å². The molecule has 1 saturated heterocycles. The number of rotatable bonds is 1. The molecule has 0 bridgehead atoms. The Kier molecular flexibility index (Phi) is 3.03. The summed E-state index contributed by atoms with van der Waals surface area (Å²) in [5.74, 6) is 0.123. The van der Waals surface area contributed by atoms with Gasteiger partial charge in [0.1, 0.15) is 0 Å². The van der Waals surface area contributed by atoms with E-state index in [0.29, 0.717) is 12.1 Å². The van der Waals surface area contributed by atoms with Crippen LogP contribution in [0.1, 0.15) is 24.2 Å². The summed E-state index contributed by atoms with van der Waals surface area (Å²) in [6.45, 7) is 5.77. The molecular formula is C15H19N3O. The molecule has 2 N–H and O–H groups in total. The zero-order valence-electron chi connectivity index (χ0n) is 11.3. The molecule has 1 aromatic carbocycles. The lowest BCUT2D eigenvalue weighted by molar-refractivity contribution is 0.0676. The summed E-state index contributed by atoms with van der Waals surface area (Å²) in [7, 11) is 0. The van der Waals surface area contributed by atoms with Crippen LogP contribution >= 0.6 is 0 Å². The van der Waals surface area contributed by atoms with Gasteiger partial charge in [-0.3, -0.25) is 4.79 Å². The molecule has 1 aliphatic rings. The molecular weight excluding hydrogens is 238 g/mol. The highest BCUT2D eigenvalue weighted by Gasteiger charge is 2.26. The molecule has 0 saturated carbocycles. The monoisotopic (exact) mass is 257 g/mol. The Labute approximate surface area is 112 Å². The van der Waals surface area contributed by atoms with Crippen LogP contribution in [0.2, 0.25) is 0 Å². The second-order valence-corrected chi connectivity index (χ2v) is 5.43. The van der Waals surface area contributed by atoms with Crippen molar-refractivity contribution < 1.29 is 4.79 Å². The average Bonchev–Trinajstić information content (AvgIpc) is 2.80. The molecule has 0 spiro atoms. The Bertz CT molecular complexity index is 594. The zero-order chi connectivity index (χ0) is 13.4. The van der Waals surface area contributed by atoms with Crippen molar-refractivity contribution in [2.75, 3.05) is 13.1 Å². The second kappa shape index (κ2) is 4.70. The van der Waals surface area contributed by atoms with E-state index >= 15 is 0 Å². The first kappa shape index (κ1) is 12.2. The zero-order valence-corrected chi connectivity index (χ0v) is 11.3. The summed E-state index contributed by atoms with van der Waals surface area (Å²) in [4.78, 5) is 17.8. The van der Waals surface area contributed by atoms with Crippen molar-refractivity contribution in [2.24, 2.45) is 0 Å². The van der Waals surface area contributed by atoms with Gasteiger partial charge < -0.3 is 15.2 Å². The van der Waals surface area contributed by atoms with E-state index in [1.54, 1.807) is 0 Å². The van der Waals surface area contributed by atoms with Crippen molar-refractivity contribution in [3.63, 3.8) is 0 Å². The number of benzene rings is 1. The fraction of sp³-hybridized carbons (Fsp3) is 0.400. The van der Waals surface area contributed by atoms with Crippen LogP contribution in [0.15, 0.2) is 30.5 Å². The van der Waals surface area contributed by atoms with Crippen LogP contribution in [0.5, 0.6) is 0 Å². The van der Waals surface area contributed by atoms with Gasteiger partial charge >= 0.3 is 0 Å². The second-order valence-electron chi connectivity index (χ2n) is 5.43. The Morgan fingerprint density at radius 1 is 1.21 bits per heavy atom. The highest BCUT2D eigenvalue weighted by Crippen LogP contribution is 2.20. The molecule has 0 radical (unpaired) electrons. The van der Waals surface area contributed by atoms with Crippen molar-refractivity contribution in [3.8, 4) is 0 Å². The third-order valence-corrected chi connectivity index (χ3v) is 3.66. The van der Waals surface area contributed by atoms with Gasteiger partial charge in [0.05, 0.1) is 5.56 Å². The minimum Gasteiger partial charge on any atom is -0.360 e. The van der Waals surface area contributed by atoms with Crippen LogP contribution in [0.3, 0.4) is 0 Å². The molecule has 100 valence electrons. The summed E-state index contributed by atoms with van der Waals surface area (Å²) in [5.41, 5.74) is 1.79. The van der Waals surface area contributed by atoms with E-state index < -0.39 is 0 Å². The summed E-state index contributed by atoms with van der Waals surface area (Å²) in [6.07, 6.45) is 1.82. The molecule has 19 heavy (non-hydrogen) atoms. The molecule has 4 heteroatoms. The number of aromatic amines is 1. The number of nitrogens with one attached hydrogen (secondary N) is 2. The highest BCUT2D eigenvalue weighted by atomic mass is 16.2. The van der Waals surface area contributed by atoms with E-state index in [9.17, 15) is 4.79 Å². The van der Waals surface area contributed by atoms with E-state index in [2.05, 4.69) is 24.1 Å². The lowest BCUT2D eigenvalue weighted by Gasteiger charge is -2.36. The molecule has 4 nitrogen and oxygen atoms in total. The van der Waals surface area contributed by atoms with Gasteiger partial charge in [0.25, 0.3) is 5.91 Å². The van der Waals surface area contributed by atoms with Crippen LogP contribution in [-0.2, 0) is 0 Å². The number of carbonyl (C=O) groups is 1. The maximum atomic E-state index is 12.6. The summed E-state index contributed by atoms with van der Waals surface area (Å²) in [6, 6.07) is 8.62. The van der Waals surface area contributed by atoms with Gasteiger partial charge in [-0.1, -0.05) is 18.2 Å². The van der Waals surface area contributed by atoms with Crippen molar-refractivity contribution >= 4 is 16.8 Å². The smallest absolute Gasteiger partial charge is 0.256 e. The molecule has 0 aliphatic carbocycles. The Hall–Kier alpha value is -1.81. The van der Waals surface area contributed by atoms with Gasteiger partial charge in [-0.25, -0.2) is 0 Å². The molecule has 2 unspecified atom stereocenters. The molecule has 2 atom stereocenters. The summed E-state index contributed by atoms with van der Waals surface area (Å²) in [5, 5.41) is 4.45. The maximum absolute atomic E-state index is 12.6. The molecule has 1 aromatic heterocycles. The van der Waals surface area contributed by atoms with Crippen LogP contribution in [0, 0.1) is 0 Å². The molecule has 1 fully saturated rings. The number of amides is 1. The average molecular weight is 257 g/mol. The molecule has 1 amide bonds. The predicted octanol–water partition coefficient (Wildman–Crippen LogP) is 1.99. The van der Waals surface area contributed by atoms with Gasteiger partial charge in [0.15, 0.2) is 0 Å². The Balaban J connectivity index is 1.91. The first-order chi connectivity index (χ1) is 9.15. The van der Waals surface area contributed by atoms with Crippen molar-refractivity contribution in [1.82, 2.24) is 15.2 Å². The number of piperazine rings is 1. The first-order valence-electron chi connectivity index (χ1n) is 6.76. The van der Waals surface area contributed by atoms with E-state index in [1.807, 2.05) is 35.4 Å². The fourth-order valence-electron chi connectivity index (χ4n) is 2.91. The van der Waals surface area contributed by atoms with Crippen molar-refractivity contribution in [3.05, 3.63) is 36.0 Å². The van der Waals surface area contributed by atoms with E-state index in [-0.39, 0.29) is 5.91 Å². The van der Waals surface area contributed by atoms with E-state index in [4.69, 9.17) is 0 Å². The number of H-pyrrole nitrogens is 1. The van der Waals surface area contributed by atoms with Gasteiger partial charge in [-0.2, -0.15) is 0 Å². The SMILES string of the molecule is CC1CN(C(=O)c2c[nH]c3ccccc23)CC(C)N1. The first-order valence-corrected chi connectivity index (χ1v) is 6.76. The number of carbonyl (C=O) groups excluding carboxylic acids is 1. The van der Waals surface area contributed by atoms with Gasteiger partial charge in [0.2, 0.25) is 0 Å². The highest BCUT2D eigenvalue weighted by molar-refractivity contribution is 6.06. The normalized spacial score (nSPS) is 23.8. The van der Waals surface area contributed by atoms with Gasteiger partial charge in [-0.05, 0) is 19.9 Å². The molecule has 1 aliphatic heterocycles. The fourth-order valence-corrected chi connectivity index (χ4v) is 2.91. The third-order valence-electron chi connectivity index (χ3n) is 3.66. The lowest BCUT2D eigenvalue weighted by atomic mass is 10.1. The predicted molar refractivity (Wildman–Crippen MR) is 76.3 cm³/mol. The van der Waals surface area contributed by atoms with Crippen LogP contribution in [0.4, 0.5) is 0 Å². The lowest BCUT2D eigenvalue weighted by Crippen LogP contribution is -2.55. The van der Waals surface area contributed by atoms with Crippen LogP contribution in [0.25, 0.3) is 10.9 Å². The molecule has 2 heterocycles. The van der Waals surface area contributed by atoms with Gasteiger partial charge in [0, 0.05) is 42.3 Å². The summed E-state index contributed by atoms with van der Waals surface area (Å²) >= 11 is 0. The largest absolute Gasteiger partial charge is 0.360 e. The maximum Gasteiger partial charge on any atom is 0.256 e. The third kappa shape index (κ3) is 2.24. The summed E-state index contributed by atoms with van der Waals surface area (Å²) < 4.78 is 0. The number of nitrogens with zero attached hydrogens (tertiary/aromatic N) is 1. The minimum atomic E-state index is 0.123. The molecule has 3 rings (SSSR count). The van der Waals surface area contributed by atoms with Gasteiger partial charge in [-0.15, -0.1) is 0 Å². The minimum absolute atomic E-state index is 0.123. The standard InChI is InChI=1S/C15H19N3O/c1-10-8-18(9-11(2)17-10)15(19)13-7-16-14-6-4-3-5-12(13)14/h3-7,10-11,16-17H,8-9H2,1-2H3. The van der Waals surface area contributed by atoms with Crippen molar-refractivity contribution in [1.29, 1.82) is 0 Å². The van der Waals surface area contributed by atoms with Crippen LogP contribution < -0.4 is 5.32 Å². The van der Waals surface area contributed by atoms with E-state index in [1.165, 1.54) is 0 Å². The van der Waals surface area contributed by atoms with Crippen molar-refractivity contribution in [2.45, 2.75) is 25.9 Å². The number of fused-ring (bicyclic) bond motifs is 1. The Morgan fingerprint density at radius 3 is 2.63 bits per heavy atom. The molecule has 2 aromatic rings. The Morgan fingerprint density at radius 2 is 1.89 bits per heavy atom. The quantitative estimate of drug-likeness (QED) is 0.821.